The summed E-state index contributed by atoms with van der Waals surface area (Å²) in [4.78, 5) is 27.8. The lowest BCUT2D eigenvalue weighted by Gasteiger charge is -2.33. The summed E-state index contributed by atoms with van der Waals surface area (Å²) >= 11 is 6.11. The van der Waals surface area contributed by atoms with Crippen LogP contribution in [0.15, 0.2) is 77.7 Å². The number of sulfonamides is 1. The fourth-order valence-electron chi connectivity index (χ4n) is 4.00. The van der Waals surface area contributed by atoms with E-state index in [1.807, 2.05) is 0 Å². The van der Waals surface area contributed by atoms with E-state index in [4.69, 9.17) is 11.6 Å². The molecule has 196 valence electrons. The molecular weight excluding hydrogens is 517 g/mol. The summed E-state index contributed by atoms with van der Waals surface area (Å²) in [5, 5.41) is 2.99. The van der Waals surface area contributed by atoms with E-state index in [1.165, 1.54) is 48.3 Å². The van der Waals surface area contributed by atoms with E-state index in [2.05, 4.69) is 5.32 Å². The first-order chi connectivity index (χ1) is 17.6. The molecule has 0 heterocycles. The number of anilines is 1. The van der Waals surface area contributed by atoms with Crippen molar-refractivity contribution in [2.24, 2.45) is 0 Å². The highest BCUT2D eigenvalue weighted by molar-refractivity contribution is 7.92. The van der Waals surface area contributed by atoms with E-state index in [0.29, 0.717) is 16.1 Å². The minimum absolute atomic E-state index is 0.0101. The highest BCUT2D eigenvalue weighted by atomic mass is 35.5. The molecule has 0 radical (unpaired) electrons. The normalized spacial score (nSPS) is 12.0. The standard InChI is InChI=1S/C27H29ClFN3O4S/c1-4-24(27(34)30-3)31(17-20-10-13-22(29)14-11-20)26(33)18-32(25-15-12-21(28)16-19(25)2)37(35,36)23-8-6-5-7-9-23/h5-16,24H,4,17-18H2,1-3H3,(H,30,34). The quantitative estimate of drug-likeness (QED) is 0.405. The molecule has 0 aromatic heterocycles. The van der Waals surface area contributed by atoms with Crippen molar-refractivity contribution in [2.45, 2.75) is 37.8 Å². The van der Waals surface area contributed by atoms with E-state index in [9.17, 15) is 22.4 Å². The zero-order valence-corrected chi connectivity index (χ0v) is 22.4. The number of halogens is 2. The predicted molar refractivity (Wildman–Crippen MR) is 142 cm³/mol. The van der Waals surface area contributed by atoms with Gasteiger partial charge in [0.05, 0.1) is 10.6 Å². The number of carbonyl (C=O) groups excluding carboxylic acids is 2. The van der Waals surface area contributed by atoms with Crippen LogP contribution in [0.5, 0.6) is 0 Å². The SMILES string of the molecule is CCC(C(=O)NC)N(Cc1ccc(F)cc1)C(=O)CN(c1ccc(Cl)cc1C)S(=O)(=O)c1ccccc1. The summed E-state index contributed by atoms with van der Waals surface area (Å²) in [5.74, 6) is -1.41. The molecule has 0 saturated heterocycles. The Hall–Kier alpha value is -3.43. The molecule has 0 fully saturated rings. The van der Waals surface area contributed by atoms with Crippen LogP contribution in [0.2, 0.25) is 5.02 Å². The lowest BCUT2D eigenvalue weighted by Crippen LogP contribution is -2.51. The topological polar surface area (TPSA) is 86.8 Å². The lowest BCUT2D eigenvalue weighted by atomic mass is 10.1. The summed E-state index contributed by atoms with van der Waals surface area (Å²) in [7, 11) is -2.70. The Labute approximate surface area is 221 Å². The second-order valence-electron chi connectivity index (χ2n) is 8.44. The van der Waals surface area contributed by atoms with Crippen molar-refractivity contribution < 1.29 is 22.4 Å². The number of likely N-dealkylation sites (N-methyl/N-ethyl adjacent to an activating group) is 1. The first kappa shape index (κ1) is 28.1. The number of aryl methyl sites for hydroxylation is 1. The Kier molecular flexibility index (Phi) is 9.29. The Balaban J connectivity index is 2.08. The molecule has 0 aliphatic heterocycles. The van der Waals surface area contributed by atoms with Gasteiger partial charge in [0.25, 0.3) is 10.0 Å². The maximum absolute atomic E-state index is 13.8. The van der Waals surface area contributed by atoms with Gasteiger partial charge in [-0.25, -0.2) is 12.8 Å². The zero-order valence-electron chi connectivity index (χ0n) is 20.8. The van der Waals surface area contributed by atoms with Gasteiger partial charge in [-0.3, -0.25) is 13.9 Å². The van der Waals surface area contributed by atoms with Gasteiger partial charge in [-0.1, -0.05) is 48.9 Å². The number of hydrogen-bond donors (Lipinski definition) is 1. The number of amides is 2. The molecule has 0 spiro atoms. The summed E-state index contributed by atoms with van der Waals surface area (Å²) in [6, 6.07) is 17.2. The van der Waals surface area contributed by atoms with Crippen LogP contribution in [0.25, 0.3) is 0 Å². The van der Waals surface area contributed by atoms with E-state index < -0.39 is 40.2 Å². The van der Waals surface area contributed by atoms with E-state index in [0.717, 1.165) is 4.31 Å². The molecule has 0 bridgehead atoms. The van der Waals surface area contributed by atoms with Gasteiger partial charge in [0, 0.05) is 18.6 Å². The van der Waals surface area contributed by atoms with Crippen molar-refractivity contribution in [1.29, 1.82) is 0 Å². The van der Waals surface area contributed by atoms with Crippen molar-refractivity contribution >= 4 is 39.1 Å². The molecule has 0 saturated carbocycles. The largest absolute Gasteiger partial charge is 0.357 e. The smallest absolute Gasteiger partial charge is 0.264 e. The van der Waals surface area contributed by atoms with Crippen molar-refractivity contribution in [3.05, 3.63) is 94.8 Å². The van der Waals surface area contributed by atoms with Crippen LogP contribution >= 0.6 is 11.6 Å². The molecule has 3 aromatic rings. The number of rotatable bonds is 10. The molecule has 1 N–H and O–H groups in total. The first-order valence-corrected chi connectivity index (χ1v) is 13.5. The average molecular weight is 546 g/mol. The van der Waals surface area contributed by atoms with Gasteiger partial charge >= 0.3 is 0 Å². The van der Waals surface area contributed by atoms with Gasteiger partial charge in [-0.05, 0) is 66.9 Å². The molecular formula is C27H29ClFN3O4S. The van der Waals surface area contributed by atoms with Crippen molar-refractivity contribution in [2.75, 3.05) is 17.9 Å². The predicted octanol–water partition coefficient (Wildman–Crippen LogP) is 4.54. The minimum atomic E-state index is -4.16. The van der Waals surface area contributed by atoms with Crippen LogP contribution in [-0.2, 0) is 26.2 Å². The van der Waals surface area contributed by atoms with E-state index in [1.54, 1.807) is 50.2 Å². The van der Waals surface area contributed by atoms with Crippen LogP contribution < -0.4 is 9.62 Å². The number of benzene rings is 3. The number of nitrogens with one attached hydrogen (secondary N) is 1. The third kappa shape index (κ3) is 6.67. The van der Waals surface area contributed by atoms with Gasteiger partial charge in [0.1, 0.15) is 18.4 Å². The highest BCUT2D eigenvalue weighted by Gasteiger charge is 2.33. The molecule has 10 heteroatoms. The van der Waals surface area contributed by atoms with Crippen LogP contribution in [0.1, 0.15) is 24.5 Å². The Morgan fingerprint density at radius 1 is 1.03 bits per heavy atom. The van der Waals surface area contributed by atoms with Gasteiger partial charge in [-0.15, -0.1) is 0 Å². The Morgan fingerprint density at radius 2 is 1.68 bits per heavy atom. The van der Waals surface area contributed by atoms with Crippen molar-refractivity contribution in [3.8, 4) is 0 Å². The van der Waals surface area contributed by atoms with Crippen LogP contribution in [0.4, 0.5) is 10.1 Å². The van der Waals surface area contributed by atoms with Gasteiger partial charge in [-0.2, -0.15) is 0 Å². The maximum atomic E-state index is 13.8. The van der Waals surface area contributed by atoms with Crippen LogP contribution in [0, 0.1) is 12.7 Å². The fraction of sp³-hybridized carbons (Fsp3) is 0.259. The molecule has 3 rings (SSSR count). The second kappa shape index (κ2) is 12.2. The molecule has 1 unspecified atom stereocenters. The monoisotopic (exact) mass is 545 g/mol. The van der Waals surface area contributed by atoms with E-state index >= 15 is 0 Å². The fourth-order valence-corrected chi connectivity index (χ4v) is 5.73. The molecule has 7 nitrogen and oxygen atoms in total. The van der Waals surface area contributed by atoms with Crippen LogP contribution in [0.3, 0.4) is 0 Å². The lowest BCUT2D eigenvalue weighted by molar-refractivity contribution is -0.140. The average Bonchev–Trinajstić information content (AvgIpc) is 2.88. The second-order valence-corrected chi connectivity index (χ2v) is 10.7. The highest BCUT2D eigenvalue weighted by Crippen LogP contribution is 2.29. The molecule has 1 atom stereocenters. The Bertz CT molecular complexity index is 1350. The summed E-state index contributed by atoms with van der Waals surface area (Å²) in [6.07, 6.45) is 0.290. The van der Waals surface area contributed by atoms with Gasteiger partial charge < -0.3 is 10.2 Å². The Morgan fingerprint density at radius 3 is 2.24 bits per heavy atom. The van der Waals surface area contributed by atoms with Crippen molar-refractivity contribution in [3.63, 3.8) is 0 Å². The summed E-state index contributed by atoms with van der Waals surface area (Å²) in [5.41, 5.74) is 1.44. The molecule has 2 amide bonds. The third-order valence-electron chi connectivity index (χ3n) is 5.94. The number of nitrogens with zero attached hydrogens (tertiary/aromatic N) is 2. The van der Waals surface area contributed by atoms with Crippen LogP contribution in [-0.4, -0.2) is 44.8 Å². The molecule has 0 aliphatic carbocycles. The number of carbonyl (C=O) groups is 2. The first-order valence-electron chi connectivity index (χ1n) is 11.7. The van der Waals surface area contributed by atoms with Crippen molar-refractivity contribution in [1.82, 2.24) is 10.2 Å². The van der Waals surface area contributed by atoms with Gasteiger partial charge in [0.2, 0.25) is 11.8 Å². The third-order valence-corrected chi connectivity index (χ3v) is 7.95. The summed E-state index contributed by atoms with van der Waals surface area (Å²) < 4.78 is 42.0. The van der Waals surface area contributed by atoms with Gasteiger partial charge in [0.15, 0.2) is 0 Å². The maximum Gasteiger partial charge on any atom is 0.264 e. The van der Waals surface area contributed by atoms with E-state index in [-0.39, 0.29) is 23.5 Å². The molecule has 0 aliphatic rings. The summed E-state index contributed by atoms with van der Waals surface area (Å²) in [6.45, 7) is 2.89. The minimum Gasteiger partial charge on any atom is -0.357 e. The zero-order chi connectivity index (χ0) is 27.2. The number of hydrogen-bond acceptors (Lipinski definition) is 4. The molecule has 3 aromatic carbocycles. The molecule has 37 heavy (non-hydrogen) atoms.